The van der Waals surface area contributed by atoms with Gasteiger partial charge in [-0.3, -0.25) is 9.69 Å². The zero-order chi connectivity index (χ0) is 19.1. The third kappa shape index (κ3) is 4.89. The minimum absolute atomic E-state index is 0.101. The number of amides is 1. The number of hydrogen-bond acceptors (Lipinski definition) is 3. The highest BCUT2D eigenvalue weighted by Gasteiger charge is 2.26. The smallest absolute Gasteiger partial charge is 0.227 e. The fourth-order valence-corrected chi connectivity index (χ4v) is 3.94. The Morgan fingerprint density at radius 2 is 1.78 bits per heavy atom. The number of rotatable bonds is 8. The van der Waals surface area contributed by atoms with Crippen molar-refractivity contribution in [1.82, 2.24) is 10.2 Å². The fraction of sp³-hybridized carbons (Fsp3) is 0.435. The Morgan fingerprint density at radius 3 is 2.44 bits per heavy atom. The molecule has 4 heteroatoms. The van der Waals surface area contributed by atoms with Crippen LogP contribution in [0, 0.1) is 0 Å². The van der Waals surface area contributed by atoms with Gasteiger partial charge in [0.2, 0.25) is 5.91 Å². The molecule has 1 amide bonds. The van der Waals surface area contributed by atoms with E-state index in [2.05, 4.69) is 29.3 Å². The van der Waals surface area contributed by atoms with E-state index in [1.807, 2.05) is 42.5 Å². The second-order valence-electron chi connectivity index (χ2n) is 7.15. The number of nitrogens with zero attached hydrogens (tertiary/aromatic N) is 1. The van der Waals surface area contributed by atoms with E-state index in [0.717, 1.165) is 30.8 Å². The van der Waals surface area contributed by atoms with Gasteiger partial charge in [-0.25, -0.2) is 0 Å². The molecular formula is C23H30N2O2. The predicted octanol–water partition coefficient (Wildman–Crippen LogP) is 4.14. The van der Waals surface area contributed by atoms with Crippen LogP contribution in [0.5, 0.6) is 5.75 Å². The van der Waals surface area contributed by atoms with E-state index < -0.39 is 0 Å². The molecule has 1 fully saturated rings. The third-order valence-electron chi connectivity index (χ3n) is 5.46. The summed E-state index contributed by atoms with van der Waals surface area (Å²) in [5, 5.41) is 3.22. The summed E-state index contributed by atoms with van der Waals surface area (Å²) in [7, 11) is 1.69. The van der Waals surface area contributed by atoms with Crippen LogP contribution >= 0.6 is 0 Å². The first kappa shape index (κ1) is 19.4. The summed E-state index contributed by atoms with van der Waals surface area (Å²) >= 11 is 0. The molecule has 0 aromatic heterocycles. The standard InChI is InChI=1S/C23H30N2O2/c1-3-21(18-10-5-4-6-11-18)23(26)24-17-22(25-14-7-8-15-25)19-12-9-13-20(16-19)27-2/h4-6,9-13,16,21-22H,3,7-8,14-15,17H2,1-2H3,(H,24,26)/t21-,22+/m0/s1. The Balaban J connectivity index is 1.73. The lowest BCUT2D eigenvalue weighted by molar-refractivity contribution is -0.122. The Morgan fingerprint density at radius 1 is 1.07 bits per heavy atom. The van der Waals surface area contributed by atoms with Crippen molar-refractivity contribution in [2.24, 2.45) is 0 Å². The van der Waals surface area contributed by atoms with Gasteiger partial charge >= 0.3 is 0 Å². The van der Waals surface area contributed by atoms with Gasteiger partial charge in [-0.15, -0.1) is 0 Å². The summed E-state index contributed by atoms with van der Waals surface area (Å²) in [6.07, 6.45) is 3.23. The molecule has 1 heterocycles. The van der Waals surface area contributed by atoms with Crippen LogP contribution in [0.25, 0.3) is 0 Å². The molecule has 1 N–H and O–H groups in total. The van der Waals surface area contributed by atoms with Crippen LogP contribution in [0.4, 0.5) is 0 Å². The minimum atomic E-state index is -0.101. The second kappa shape index (κ2) is 9.56. The van der Waals surface area contributed by atoms with Crippen molar-refractivity contribution >= 4 is 5.91 Å². The van der Waals surface area contributed by atoms with Gasteiger partial charge in [0.1, 0.15) is 5.75 Å². The highest BCUT2D eigenvalue weighted by molar-refractivity contribution is 5.83. The Labute approximate surface area is 162 Å². The number of methoxy groups -OCH3 is 1. The summed E-state index contributed by atoms with van der Waals surface area (Å²) in [4.78, 5) is 15.4. The largest absolute Gasteiger partial charge is 0.497 e. The zero-order valence-electron chi connectivity index (χ0n) is 16.4. The van der Waals surface area contributed by atoms with E-state index in [9.17, 15) is 4.79 Å². The zero-order valence-corrected chi connectivity index (χ0v) is 16.4. The van der Waals surface area contributed by atoms with E-state index in [4.69, 9.17) is 4.74 Å². The van der Waals surface area contributed by atoms with Crippen LogP contribution in [-0.4, -0.2) is 37.6 Å². The van der Waals surface area contributed by atoms with E-state index in [-0.39, 0.29) is 17.9 Å². The topological polar surface area (TPSA) is 41.6 Å². The first-order chi connectivity index (χ1) is 13.2. The molecule has 1 aliphatic heterocycles. The lowest BCUT2D eigenvalue weighted by atomic mass is 9.95. The third-order valence-corrected chi connectivity index (χ3v) is 5.46. The van der Waals surface area contributed by atoms with E-state index in [1.54, 1.807) is 7.11 Å². The average molecular weight is 367 g/mol. The van der Waals surface area contributed by atoms with Gasteiger partial charge in [0.05, 0.1) is 19.1 Å². The average Bonchev–Trinajstić information content (AvgIpc) is 3.24. The van der Waals surface area contributed by atoms with Crippen LogP contribution in [0.1, 0.15) is 49.3 Å². The molecule has 0 radical (unpaired) electrons. The van der Waals surface area contributed by atoms with Crippen LogP contribution in [0.15, 0.2) is 54.6 Å². The molecule has 3 rings (SSSR count). The van der Waals surface area contributed by atoms with E-state index in [1.165, 1.54) is 18.4 Å². The molecule has 1 aliphatic rings. The lowest BCUT2D eigenvalue weighted by Gasteiger charge is -2.29. The number of carbonyl (C=O) groups is 1. The van der Waals surface area contributed by atoms with Gasteiger partial charge in [0.15, 0.2) is 0 Å². The first-order valence-electron chi connectivity index (χ1n) is 9.93. The lowest BCUT2D eigenvalue weighted by Crippen LogP contribution is -2.38. The molecule has 0 saturated carbocycles. The van der Waals surface area contributed by atoms with E-state index >= 15 is 0 Å². The van der Waals surface area contributed by atoms with Gasteiger partial charge < -0.3 is 10.1 Å². The molecule has 0 aliphatic carbocycles. The maximum atomic E-state index is 12.9. The molecule has 0 bridgehead atoms. The van der Waals surface area contributed by atoms with Gasteiger partial charge in [-0.05, 0) is 55.6 Å². The molecule has 144 valence electrons. The number of benzene rings is 2. The molecule has 2 aromatic carbocycles. The normalized spacial score (nSPS) is 16.7. The second-order valence-corrected chi connectivity index (χ2v) is 7.15. The fourth-order valence-electron chi connectivity index (χ4n) is 3.94. The van der Waals surface area contributed by atoms with Crippen molar-refractivity contribution in [3.63, 3.8) is 0 Å². The highest BCUT2D eigenvalue weighted by Crippen LogP contribution is 2.27. The maximum absolute atomic E-state index is 12.9. The minimum Gasteiger partial charge on any atom is -0.497 e. The van der Waals surface area contributed by atoms with Crippen LogP contribution < -0.4 is 10.1 Å². The SMILES string of the molecule is CC[C@H](C(=O)NC[C@H](c1cccc(OC)c1)N1CCCC1)c1ccccc1. The van der Waals surface area contributed by atoms with Crippen molar-refractivity contribution in [1.29, 1.82) is 0 Å². The van der Waals surface area contributed by atoms with Gasteiger partial charge in [0, 0.05) is 6.54 Å². The quantitative estimate of drug-likeness (QED) is 0.763. The summed E-state index contributed by atoms with van der Waals surface area (Å²) < 4.78 is 5.40. The molecule has 27 heavy (non-hydrogen) atoms. The van der Waals surface area contributed by atoms with Crippen molar-refractivity contribution in [2.75, 3.05) is 26.7 Å². The predicted molar refractivity (Wildman–Crippen MR) is 109 cm³/mol. The van der Waals surface area contributed by atoms with Crippen molar-refractivity contribution in [3.05, 3.63) is 65.7 Å². The molecular weight excluding hydrogens is 336 g/mol. The summed E-state index contributed by atoms with van der Waals surface area (Å²) in [6, 6.07) is 18.4. The number of hydrogen-bond donors (Lipinski definition) is 1. The Hall–Kier alpha value is -2.33. The van der Waals surface area contributed by atoms with Crippen molar-refractivity contribution in [2.45, 2.75) is 38.1 Å². The highest BCUT2D eigenvalue weighted by atomic mass is 16.5. The summed E-state index contributed by atoms with van der Waals surface area (Å²) in [5.41, 5.74) is 2.28. The molecule has 2 atom stereocenters. The first-order valence-corrected chi connectivity index (χ1v) is 9.93. The molecule has 0 spiro atoms. The molecule has 4 nitrogen and oxygen atoms in total. The number of carbonyl (C=O) groups excluding carboxylic acids is 1. The van der Waals surface area contributed by atoms with Gasteiger partial charge in [0.25, 0.3) is 0 Å². The van der Waals surface area contributed by atoms with Crippen LogP contribution in [0.3, 0.4) is 0 Å². The van der Waals surface area contributed by atoms with Crippen molar-refractivity contribution < 1.29 is 9.53 Å². The van der Waals surface area contributed by atoms with E-state index in [0.29, 0.717) is 6.54 Å². The molecule has 1 saturated heterocycles. The molecule has 0 unspecified atom stereocenters. The van der Waals surface area contributed by atoms with Gasteiger partial charge in [-0.1, -0.05) is 49.4 Å². The van der Waals surface area contributed by atoms with Gasteiger partial charge in [-0.2, -0.15) is 0 Å². The number of likely N-dealkylation sites (tertiary alicyclic amines) is 1. The molecule has 2 aromatic rings. The summed E-state index contributed by atoms with van der Waals surface area (Å²) in [5.74, 6) is 0.866. The number of nitrogens with one attached hydrogen (secondary N) is 1. The van der Waals surface area contributed by atoms with Crippen molar-refractivity contribution in [3.8, 4) is 5.75 Å². The Kier molecular flexibility index (Phi) is 6.88. The van der Waals surface area contributed by atoms with Crippen LogP contribution in [-0.2, 0) is 4.79 Å². The Bertz CT molecular complexity index is 726. The number of ether oxygens (including phenoxy) is 1. The monoisotopic (exact) mass is 366 g/mol. The van der Waals surface area contributed by atoms with Crippen LogP contribution in [0.2, 0.25) is 0 Å². The summed E-state index contributed by atoms with van der Waals surface area (Å²) in [6.45, 7) is 4.84. The maximum Gasteiger partial charge on any atom is 0.227 e.